The van der Waals surface area contributed by atoms with Crippen LogP contribution >= 0.6 is 0 Å². The minimum Gasteiger partial charge on any atom is -0.380 e. The highest BCUT2D eigenvalue weighted by Crippen LogP contribution is 2.22. The number of nitrogens with two attached hydrogens (primary N) is 1. The monoisotopic (exact) mass is 272 g/mol. The van der Waals surface area contributed by atoms with Gasteiger partial charge in [-0.15, -0.1) is 0 Å². The molecular formula is C15H20N4O. The first-order valence-electron chi connectivity index (χ1n) is 6.62. The average molecular weight is 272 g/mol. The number of rotatable bonds is 5. The van der Waals surface area contributed by atoms with E-state index in [0.29, 0.717) is 18.2 Å². The maximum Gasteiger partial charge on any atom is 0.161 e. The summed E-state index contributed by atoms with van der Waals surface area (Å²) in [4.78, 5) is 9.07. The van der Waals surface area contributed by atoms with Gasteiger partial charge in [0.2, 0.25) is 0 Å². The van der Waals surface area contributed by atoms with E-state index in [1.54, 1.807) is 7.11 Å². The van der Waals surface area contributed by atoms with Crippen LogP contribution in [0.25, 0.3) is 11.4 Å². The third-order valence-corrected chi connectivity index (χ3v) is 3.24. The van der Waals surface area contributed by atoms with Gasteiger partial charge in [0.05, 0.1) is 6.61 Å². The lowest BCUT2D eigenvalue weighted by molar-refractivity contribution is 0.185. The minimum atomic E-state index is 0.602. The predicted molar refractivity (Wildman–Crippen MR) is 80.1 cm³/mol. The molecule has 2 aromatic rings. The lowest BCUT2D eigenvalue weighted by Gasteiger charge is -2.11. The van der Waals surface area contributed by atoms with Crippen LogP contribution in [0.4, 0.5) is 5.82 Å². The molecule has 0 fully saturated rings. The molecule has 0 aliphatic heterocycles. The van der Waals surface area contributed by atoms with Gasteiger partial charge in [0.15, 0.2) is 5.82 Å². The van der Waals surface area contributed by atoms with Crippen molar-refractivity contribution in [3.63, 3.8) is 0 Å². The number of methoxy groups -OCH3 is 1. The number of ether oxygens (including phenoxy) is 1. The van der Waals surface area contributed by atoms with Crippen molar-refractivity contribution in [2.45, 2.75) is 26.9 Å². The van der Waals surface area contributed by atoms with Gasteiger partial charge in [0.1, 0.15) is 5.82 Å². The normalized spacial score (nSPS) is 10.6. The van der Waals surface area contributed by atoms with Gasteiger partial charge in [-0.25, -0.2) is 15.8 Å². The van der Waals surface area contributed by atoms with Crippen molar-refractivity contribution in [1.29, 1.82) is 0 Å². The molecule has 2 rings (SSSR count). The molecule has 0 aliphatic rings. The van der Waals surface area contributed by atoms with E-state index in [-0.39, 0.29) is 0 Å². The van der Waals surface area contributed by atoms with Crippen molar-refractivity contribution in [3.05, 3.63) is 41.1 Å². The Kier molecular flexibility index (Phi) is 4.65. The number of benzene rings is 1. The van der Waals surface area contributed by atoms with Gasteiger partial charge < -0.3 is 10.2 Å². The lowest BCUT2D eigenvalue weighted by Crippen LogP contribution is -2.13. The molecule has 20 heavy (non-hydrogen) atoms. The fourth-order valence-electron chi connectivity index (χ4n) is 2.09. The van der Waals surface area contributed by atoms with Gasteiger partial charge in [-0.1, -0.05) is 31.2 Å². The molecule has 1 aromatic carbocycles. The molecule has 0 saturated heterocycles. The number of nitrogens with zero attached hydrogens (tertiary/aromatic N) is 2. The molecule has 0 bridgehead atoms. The largest absolute Gasteiger partial charge is 0.380 e. The van der Waals surface area contributed by atoms with Crippen molar-refractivity contribution in [3.8, 4) is 11.4 Å². The average Bonchev–Trinajstić information content (AvgIpc) is 2.49. The molecular weight excluding hydrogens is 252 g/mol. The van der Waals surface area contributed by atoms with Crippen molar-refractivity contribution in [1.82, 2.24) is 9.97 Å². The Morgan fingerprint density at radius 1 is 1.20 bits per heavy atom. The van der Waals surface area contributed by atoms with E-state index in [1.165, 1.54) is 0 Å². The molecule has 5 nitrogen and oxygen atoms in total. The van der Waals surface area contributed by atoms with Gasteiger partial charge >= 0.3 is 0 Å². The van der Waals surface area contributed by atoms with Gasteiger partial charge in [0, 0.05) is 23.9 Å². The number of nitrogen functional groups attached to an aromatic ring is 1. The molecule has 3 N–H and O–H groups in total. The summed E-state index contributed by atoms with van der Waals surface area (Å²) < 4.78 is 5.10. The van der Waals surface area contributed by atoms with E-state index in [1.807, 2.05) is 31.2 Å². The number of aryl methyl sites for hydroxylation is 1. The van der Waals surface area contributed by atoms with E-state index in [0.717, 1.165) is 28.8 Å². The first-order chi connectivity index (χ1) is 9.69. The summed E-state index contributed by atoms with van der Waals surface area (Å²) >= 11 is 0. The van der Waals surface area contributed by atoms with Crippen molar-refractivity contribution in [2.24, 2.45) is 5.84 Å². The summed E-state index contributed by atoms with van der Waals surface area (Å²) in [7, 11) is 1.68. The second-order valence-electron chi connectivity index (χ2n) is 4.60. The van der Waals surface area contributed by atoms with Crippen LogP contribution in [0.5, 0.6) is 0 Å². The molecule has 1 heterocycles. The number of nitrogens with one attached hydrogen (secondary N) is 1. The molecule has 0 spiro atoms. The maximum absolute atomic E-state index is 5.53. The Balaban J connectivity index is 2.41. The molecule has 0 saturated carbocycles. The zero-order valence-electron chi connectivity index (χ0n) is 12.1. The van der Waals surface area contributed by atoms with Crippen LogP contribution in [0, 0.1) is 6.92 Å². The summed E-state index contributed by atoms with van der Waals surface area (Å²) in [6.07, 6.45) is 0.845. The van der Waals surface area contributed by atoms with Crippen LogP contribution in [0.1, 0.15) is 23.7 Å². The van der Waals surface area contributed by atoms with E-state index < -0.39 is 0 Å². The number of hydrazine groups is 1. The lowest BCUT2D eigenvalue weighted by atomic mass is 10.1. The first-order valence-corrected chi connectivity index (χ1v) is 6.62. The SMILES string of the molecule is CCc1nc(-c2ccc(COC)cc2)nc(NN)c1C. The molecule has 106 valence electrons. The zero-order chi connectivity index (χ0) is 14.5. The van der Waals surface area contributed by atoms with E-state index in [2.05, 4.69) is 22.3 Å². The standard InChI is InChI=1S/C15H20N4O/c1-4-13-10(2)14(19-16)18-15(17-13)12-7-5-11(6-8-12)9-20-3/h5-8H,4,9,16H2,1-3H3,(H,17,18,19). The van der Waals surface area contributed by atoms with Crippen molar-refractivity contribution in [2.75, 3.05) is 12.5 Å². The number of aromatic nitrogens is 2. The highest BCUT2D eigenvalue weighted by molar-refractivity contribution is 5.59. The molecule has 0 atom stereocenters. The second kappa shape index (κ2) is 6.45. The number of anilines is 1. The number of hydrogen-bond acceptors (Lipinski definition) is 5. The third kappa shape index (κ3) is 2.95. The molecule has 0 amide bonds. The fraction of sp³-hybridized carbons (Fsp3) is 0.333. The minimum absolute atomic E-state index is 0.602. The Bertz CT molecular complexity index is 556. The molecule has 0 unspecified atom stereocenters. The van der Waals surface area contributed by atoms with Gasteiger partial charge in [0.25, 0.3) is 0 Å². The summed E-state index contributed by atoms with van der Waals surface area (Å²) in [6.45, 7) is 4.64. The quantitative estimate of drug-likeness (QED) is 0.646. The summed E-state index contributed by atoms with van der Waals surface area (Å²) in [6, 6.07) is 8.03. The highest BCUT2D eigenvalue weighted by atomic mass is 16.5. The van der Waals surface area contributed by atoms with Crippen LogP contribution in [0.3, 0.4) is 0 Å². The zero-order valence-corrected chi connectivity index (χ0v) is 12.1. The molecule has 0 radical (unpaired) electrons. The highest BCUT2D eigenvalue weighted by Gasteiger charge is 2.10. The summed E-state index contributed by atoms with van der Waals surface area (Å²) in [5.74, 6) is 6.89. The van der Waals surface area contributed by atoms with E-state index in [4.69, 9.17) is 10.6 Å². The van der Waals surface area contributed by atoms with Crippen LogP contribution in [0.15, 0.2) is 24.3 Å². The van der Waals surface area contributed by atoms with Crippen LogP contribution in [0.2, 0.25) is 0 Å². The van der Waals surface area contributed by atoms with Crippen LogP contribution in [-0.4, -0.2) is 17.1 Å². The third-order valence-electron chi connectivity index (χ3n) is 3.24. The topological polar surface area (TPSA) is 73.1 Å². The fourth-order valence-corrected chi connectivity index (χ4v) is 2.09. The predicted octanol–water partition coefficient (Wildman–Crippen LogP) is 2.45. The van der Waals surface area contributed by atoms with Gasteiger partial charge in [-0.05, 0) is 18.9 Å². The Morgan fingerprint density at radius 2 is 1.90 bits per heavy atom. The molecule has 1 aromatic heterocycles. The summed E-state index contributed by atoms with van der Waals surface area (Å²) in [5, 5.41) is 0. The Labute approximate surface area is 119 Å². The first kappa shape index (κ1) is 14.4. The van der Waals surface area contributed by atoms with Crippen molar-refractivity contribution < 1.29 is 4.74 Å². The summed E-state index contributed by atoms with van der Waals surface area (Å²) in [5.41, 5.74) is 6.73. The van der Waals surface area contributed by atoms with Crippen molar-refractivity contribution >= 4 is 5.82 Å². The van der Waals surface area contributed by atoms with Gasteiger partial charge in [-0.3, -0.25) is 0 Å². The van der Waals surface area contributed by atoms with Crippen LogP contribution in [-0.2, 0) is 17.8 Å². The Morgan fingerprint density at radius 3 is 2.45 bits per heavy atom. The van der Waals surface area contributed by atoms with Crippen LogP contribution < -0.4 is 11.3 Å². The van der Waals surface area contributed by atoms with E-state index >= 15 is 0 Å². The maximum atomic E-state index is 5.53. The molecule has 5 heteroatoms. The second-order valence-corrected chi connectivity index (χ2v) is 4.60. The van der Waals surface area contributed by atoms with E-state index in [9.17, 15) is 0 Å². The smallest absolute Gasteiger partial charge is 0.161 e. The van der Waals surface area contributed by atoms with Gasteiger partial charge in [-0.2, -0.15) is 0 Å². The Hall–Kier alpha value is -1.98. The number of hydrogen-bond donors (Lipinski definition) is 2. The molecule has 0 aliphatic carbocycles.